The van der Waals surface area contributed by atoms with Gasteiger partial charge >= 0.3 is 5.97 Å². The third kappa shape index (κ3) is 9.93. The predicted octanol–water partition coefficient (Wildman–Crippen LogP) is 4.52. The van der Waals surface area contributed by atoms with E-state index in [0.717, 1.165) is 16.5 Å². The first-order valence-corrected chi connectivity index (χ1v) is 20.3. The lowest BCUT2D eigenvalue weighted by Crippen LogP contribution is -2.60. The zero-order chi connectivity index (χ0) is 40.9. The van der Waals surface area contributed by atoms with Crippen molar-refractivity contribution in [2.24, 2.45) is 17.8 Å². The van der Waals surface area contributed by atoms with Crippen molar-refractivity contribution in [1.82, 2.24) is 14.8 Å². The molecule has 4 heterocycles. The first-order chi connectivity index (χ1) is 26.5. The summed E-state index contributed by atoms with van der Waals surface area (Å²) in [4.78, 5) is 22.5. The third-order valence-corrected chi connectivity index (χ3v) is 12.1. The summed E-state index contributed by atoms with van der Waals surface area (Å²) in [5.74, 6) is 0.880. The summed E-state index contributed by atoms with van der Waals surface area (Å²) in [5.41, 5.74) is -1.12. The van der Waals surface area contributed by atoms with Crippen LogP contribution in [0.1, 0.15) is 80.2 Å². The van der Waals surface area contributed by atoms with Gasteiger partial charge in [-0.2, -0.15) is 0 Å². The molecule has 3 aliphatic heterocycles. The van der Waals surface area contributed by atoms with E-state index in [0.29, 0.717) is 25.8 Å². The van der Waals surface area contributed by atoms with Gasteiger partial charge in [-0.3, -0.25) is 9.78 Å². The van der Waals surface area contributed by atoms with Gasteiger partial charge in [0.25, 0.3) is 0 Å². The molecule has 3 N–H and O–H groups in total. The van der Waals surface area contributed by atoms with Crippen molar-refractivity contribution in [1.29, 1.82) is 0 Å². The molecule has 5 rings (SSSR count). The van der Waals surface area contributed by atoms with Crippen molar-refractivity contribution in [3.8, 4) is 12.0 Å². The molecule has 0 saturated carbocycles. The molecule has 2 unspecified atom stereocenters. The quantitative estimate of drug-likeness (QED) is 0.228. The highest BCUT2D eigenvalue weighted by atomic mass is 16.7. The number of aliphatic hydroxyl groups excluding tert-OH is 2. The number of hydrogen-bond acceptors (Lipinski definition) is 12. The fourth-order valence-electron chi connectivity index (χ4n) is 8.88. The zero-order valence-corrected chi connectivity index (χ0v) is 34.9. The lowest BCUT2D eigenvalue weighted by Gasteiger charge is -2.48. The van der Waals surface area contributed by atoms with Crippen molar-refractivity contribution < 1.29 is 43.8 Å². The average molecular weight is 780 g/mol. The predicted molar refractivity (Wildman–Crippen MR) is 214 cm³/mol. The van der Waals surface area contributed by atoms with Crippen molar-refractivity contribution in [3.05, 3.63) is 54.2 Å². The number of benzene rings is 1. The Balaban J connectivity index is 1.64. The summed E-state index contributed by atoms with van der Waals surface area (Å²) in [5, 5.41) is 37.0. The molecule has 0 amide bonds. The van der Waals surface area contributed by atoms with E-state index in [4.69, 9.17) is 23.7 Å². The van der Waals surface area contributed by atoms with Gasteiger partial charge in [0.2, 0.25) is 0 Å². The van der Waals surface area contributed by atoms with E-state index in [1.54, 1.807) is 20.0 Å². The molecule has 0 spiro atoms. The number of esters is 1. The van der Waals surface area contributed by atoms with Crippen LogP contribution in [0.15, 0.2) is 48.7 Å². The van der Waals surface area contributed by atoms with Gasteiger partial charge in [-0.25, -0.2) is 0 Å². The number of aromatic nitrogens is 1. The maximum atomic E-state index is 14.0. The minimum Gasteiger partial charge on any atom is -0.459 e. The number of hydrogen-bond donors (Lipinski definition) is 3. The number of aliphatic hydroxyl groups is 3. The second-order valence-corrected chi connectivity index (χ2v) is 17.0. The molecule has 0 aliphatic carbocycles. The lowest BCUT2D eigenvalue weighted by molar-refractivity contribution is -0.303. The Hall–Kier alpha value is -3.12. The molecule has 1 aromatic heterocycles. The zero-order valence-electron chi connectivity index (χ0n) is 34.9. The molecule has 56 heavy (non-hydrogen) atoms. The molecule has 14 atom stereocenters. The van der Waals surface area contributed by atoms with Gasteiger partial charge in [-0.15, -0.1) is 0 Å². The van der Waals surface area contributed by atoms with Gasteiger partial charge in [0, 0.05) is 41.7 Å². The van der Waals surface area contributed by atoms with E-state index in [1.807, 2.05) is 101 Å². The Morgan fingerprint density at radius 3 is 2.48 bits per heavy atom. The molecule has 12 heteroatoms. The normalized spacial score (nSPS) is 39.9. The Morgan fingerprint density at radius 2 is 1.77 bits per heavy atom. The summed E-state index contributed by atoms with van der Waals surface area (Å²) in [6.07, 6.45) is 0.682. The van der Waals surface area contributed by atoms with E-state index in [2.05, 4.69) is 23.9 Å². The van der Waals surface area contributed by atoms with Crippen molar-refractivity contribution in [2.75, 3.05) is 33.9 Å². The molecule has 12 nitrogen and oxygen atoms in total. The first-order valence-electron chi connectivity index (χ1n) is 20.3. The molecular weight excluding hydrogens is 714 g/mol. The molecule has 0 radical (unpaired) electrons. The summed E-state index contributed by atoms with van der Waals surface area (Å²) in [7, 11) is 3.84. The number of nitrogens with zero attached hydrogens (tertiary/aromatic N) is 3. The van der Waals surface area contributed by atoms with Crippen LogP contribution >= 0.6 is 0 Å². The molecule has 3 aliphatic rings. The van der Waals surface area contributed by atoms with E-state index < -0.39 is 71.9 Å². The number of ether oxygens (including phenoxy) is 5. The first kappa shape index (κ1) is 44.0. The van der Waals surface area contributed by atoms with Gasteiger partial charge in [-0.1, -0.05) is 51.1 Å². The number of para-hydroxylation sites is 1. The lowest BCUT2D eigenvalue weighted by atomic mass is 9.77. The smallest absolute Gasteiger partial charge is 0.311 e. The number of carbonyl (C=O) groups is 1. The molecule has 2 fully saturated rings. The summed E-state index contributed by atoms with van der Waals surface area (Å²) >= 11 is 0. The fraction of sp³-hybridized carbons (Fsp3) is 0.682. The minimum atomic E-state index is -1.66. The Kier molecular flexibility index (Phi) is 14.6. The standard InChI is InChI=1S/C44H65N3O9/c1-11-36-44(8,51)40-31(6)47(19-18-32-23-33-16-12-13-17-34(33)45-25-32)26-27(2)24-43(7,53-21-15-14-20-52-40)39(29(4)37(48)30(5)41(50)55-36)56-42-38(49)35(46(9)10)22-28(3)54-42/h12-17,23,25,27-31,35-40,42,48-49,51H,11,20-22,24,26H2,1-10H3/b15-14-/t27-,28-,29+,30?,31-,35+,36-,37?,38-,39-,40-,42+,43-,44-/m1/s1. The Labute approximate surface area is 333 Å². The molecule has 1 aromatic carbocycles. The average Bonchev–Trinajstić information content (AvgIpc) is 3.16. The van der Waals surface area contributed by atoms with Crippen LogP contribution < -0.4 is 0 Å². The number of fused-ring (bicyclic) bond motifs is 7. The van der Waals surface area contributed by atoms with Gasteiger partial charge in [0.1, 0.15) is 23.9 Å². The van der Waals surface area contributed by atoms with Crippen LogP contribution in [0.4, 0.5) is 0 Å². The fourth-order valence-corrected chi connectivity index (χ4v) is 8.88. The summed E-state index contributed by atoms with van der Waals surface area (Å²) in [6, 6.07) is 12.6. The van der Waals surface area contributed by atoms with Crippen LogP contribution in [-0.2, 0) is 28.5 Å². The van der Waals surface area contributed by atoms with Gasteiger partial charge < -0.3 is 48.8 Å². The second-order valence-electron chi connectivity index (χ2n) is 17.0. The largest absolute Gasteiger partial charge is 0.459 e. The maximum absolute atomic E-state index is 14.0. The van der Waals surface area contributed by atoms with Crippen molar-refractivity contribution in [2.45, 2.75) is 141 Å². The van der Waals surface area contributed by atoms with Crippen LogP contribution in [0.3, 0.4) is 0 Å². The molecule has 2 saturated heterocycles. The third-order valence-electron chi connectivity index (χ3n) is 12.1. The van der Waals surface area contributed by atoms with E-state index in [9.17, 15) is 20.1 Å². The Morgan fingerprint density at radius 1 is 1.05 bits per heavy atom. The highest BCUT2D eigenvalue weighted by Crippen LogP contribution is 2.39. The van der Waals surface area contributed by atoms with Crippen LogP contribution in [0.25, 0.3) is 10.9 Å². The Bertz CT molecular complexity index is 1710. The van der Waals surface area contributed by atoms with Crippen LogP contribution in [0.2, 0.25) is 0 Å². The summed E-state index contributed by atoms with van der Waals surface area (Å²) < 4.78 is 32.5. The molecule has 2 aromatic rings. The van der Waals surface area contributed by atoms with Gasteiger partial charge in [-0.05, 0) is 91.9 Å². The van der Waals surface area contributed by atoms with E-state index in [1.165, 1.54) is 0 Å². The highest BCUT2D eigenvalue weighted by Gasteiger charge is 2.51. The number of likely N-dealkylation sites (N-methyl/N-ethyl adjacent to an activating group) is 1. The maximum Gasteiger partial charge on any atom is 0.311 e. The second kappa shape index (κ2) is 18.6. The molecule has 310 valence electrons. The molecular formula is C44H65N3O9. The number of carbonyl (C=O) groups excluding carboxylic acids is 1. The number of cyclic esters (lactones) is 1. The highest BCUT2D eigenvalue weighted by molar-refractivity contribution is 5.79. The van der Waals surface area contributed by atoms with Crippen molar-refractivity contribution in [3.63, 3.8) is 0 Å². The van der Waals surface area contributed by atoms with Gasteiger partial charge in [0.05, 0.1) is 54.6 Å². The van der Waals surface area contributed by atoms with Crippen LogP contribution in [-0.4, -0.2) is 136 Å². The van der Waals surface area contributed by atoms with E-state index >= 15 is 0 Å². The van der Waals surface area contributed by atoms with Gasteiger partial charge in [0.15, 0.2) is 6.29 Å². The van der Waals surface area contributed by atoms with Crippen LogP contribution in [0, 0.1) is 29.7 Å². The number of pyridine rings is 1. The van der Waals surface area contributed by atoms with Crippen molar-refractivity contribution >= 4 is 16.9 Å². The monoisotopic (exact) mass is 779 g/mol. The SMILES string of the molecule is CC[C@H]1OC(=O)C(C)C(O)[C@H](C)[C@@H](O[C@@H]2O[C@H](C)C[C@H](N(C)C)[C@H]2O)[C@@]2(C)C[C@@H](C)CN(C#Cc3cnc4ccccc4c3)[C@H](C)[C@@H](OC/C=C\CO2)[C@]1(C)O. The van der Waals surface area contributed by atoms with Crippen LogP contribution in [0.5, 0.6) is 0 Å². The number of rotatable bonds is 4. The molecule has 2 bridgehead atoms. The topological polar surface area (TPSA) is 143 Å². The summed E-state index contributed by atoms with van der Waals surface area (Å²) in [6.45, 7) is 15.7. The van der Waals surface area contributed by atoms with E-state index in [-0.39, 0.29) is 31.3 Å². The minimum absolute atomic E-state index is 0.0923.